The van der Waals surface area contributed by atoms with Crippen LogP contribution in [-0.4, -0.2) is 19.5 Å². The molecule has 3 aromatic rings. The van der Waals surface area contributed by atoms with Gasteiger partial charge in [0.25, 0.3) is 0 Å². The molecule has 0 atom stereocenters. The summed E-state index contributed by atoms with van der Waals surface area (Å²) < 4.78 is 2.10. The summed E-state index contributed by atoms with van der Waals surface area (Å²) in [6, 6.07) is 7.97. The second-order valence-electron chi connectivity index (χ2n) is 4.27. The minimum Gasteiger partial charge on any atom is -0.388 e. The first-order valence-corrected chi connectivity index (χ1v) is 7.32. The highest BCUT2D eigenvalue weighted by molar-refractivity contribution is 7.80. The van der Waals surface area contributed by atoms with Crippen molar-refractivity contribution in [1.29, 1.82) is 0 Å². The van der Waals surface area contributed by atoms with Gasteiger partial charge in [0.05, 0.1) is 10.6 Å². The number of thiocarbonyl (C=S) groups is 1. The second kappa shape index (κ2) is 5.52. The number of hydrogen-bond acceptors (Lipinski definition) is 4. The Morgan fingerprint density at radius 1 is 1.30 bits per heavy atom. The lowest BCUT2D eigenvalue weighted by molar-refractivity contribution is 0.806. The number of imidazole rings is 1. The van der Waals surface area contributed by atoms with Gasteiger partial charge in [0, 0.05) is 25.1 Å². The van der Waals surface area contributed by atoms with Crippen molar-refractivity contribution in [3.63, 3.8) is 0 Å². The van der Waals surface area contributed by atoms with Crippen molar-refractivity contribution in [2.24, 2.45) is 5.73 Å². The van der Waals surface area contributed by atoms with Crippen LogP contribution < -0.4 is 5.73 Å². The molecule has 0 aliphatic rings. The number of aromatic nitrogens is 3. The molecule has 0 saturated heterocycles. The fraction of sp³-hybridized carbons (Fsp3) is 0.0714. The van der Waals surface area contributed by atoms with Gasteiger partial charge in [0.1, 0.15) is 10.8 Å². The van der Waals surface area contributed by atoms with Crippen molar-refractivity contribution in [2.75, 3.05) is 0 Å². The molecule has 3 rings (SSSR count). The summed E-state index contributed by atoms with van der Waals surface area (Å²) in [4.78, 5) is 10.0. The van der Waals surface area contributed by atoms with E-state index in [4.69, 9.17) is 18.0 Å². The zero-order valence-electron chi connectivity index (χ0n) is 10.6. The van der Waals surface area contributed by atoms with Crippen molar-refractivity contribution in [3.8, 4) is 10.7 Å². The lowest BCUT2D eigenvalue weighted by Crippen LogP contribution is -2.12. The minimum atomic E-state index is 0.316. The molecule has 0 fully saturated rings. The molecule has 0 radical (unpaired) electrons. The maximum Gasteiger partial charge on any atom is 0.150 e. The predicted molar refractivity (Wildman–Crippen MR) is 84.8 cm³/mol. The molecular formula is C14H12N4S2. The molecule has 0 saturated carbocycles. The first-order valence-electron chi connectivity index (χ1n) is 6.04. The molecule has 0 aromatic carbocycles. The van der Waals surface area contributed by atoms with E-state index >= 15 is 0 Å². The third-order valence-corrected chi connectivity index (χ3v) is 3.96. The van der Waals surface area contributed by atoms with Gasteiger partial charge in [-0.2, -0.15) is 0 Å². The number of nitrogens with two attached hydrogens (primary N) is 1. The highest BCUT2D eigenvalue weighted by atomic mass is 32.1. The Balaban J connectivity index is 1.91. The molecule has 3 heterocycles. The molecule has 20 heavy (non-hydrogen) atoms. The standard InChI is InChI=1S/C14H12N4S2/c15-13(19)11-8-10(3-4-16-11)9-18-6-5-17-14(18)12-2-1-7-20-12/h1-8H,9H2,(H2,15,19). The zero-order valence-corrected chi connectivity index (χ0v) is 12.2. The predicted octanol–water partition coefficient (Wildman–Crippen LogP) is 2.69. The Morgan fingerprint density at radius 2 is 2.20 bits per heavy atom. The van der Waals surface area contributed by atoms with Crippen LogP contribution >= 0.6 is 23.6 Å². The molecule has 6 heteroatoms. The van der Waals surface area contributed by atoms with Gasteiger partial charge in [-0.25, -0.2) is 4.98 Å². The van der Waals surface area contributed by atoms with Gasteiger partial charge in [-0.3, -0.25) is 4.98 Å². The third-order valence-electron chi connectivity index (χ3n) is 2.89. The highest BCUT2D eigenvalue weighted by Crippen LogP contribution is 2.23. The van der Waals surface area contributed by atoms with E-state index in [2.05, 4.69) is 20.6 Å². The first kappa shape index (κ1) is 13.0. The van der Waals surface area contributed by atoms with Gasteiger partial charge in [0.2, 0.25) is 0 Å². The molecule has 0 amide bonds. The van der Waals surface area contributed by atoms with E-state index in [1.807, 2.05) is 36.0 Å². The van der Waals surface area contributed by atoms with Crippen LogP contribution in [0.15, 0.2) is 48.2 Å². The van der Waals surface area contributed by atoms with Gasteiger partial charge in [-0.15, -0.1) is 11.3 Å². The molecule has 2 N–H and O–H groups in total. The Hall–Kier alpha value is -2.05. The molecule has 4 nitrogen and oxygen atoms in total. The molecule has 0 aliphatic carbocycles. The Morgan fingerprint density at radius 3 is 2.95 bits per heavy atom. The summed E-state index contributed by atoms with van der Waals surface area (Å²) in [5, 5.41) is 2.05. The Kier molecular flexibility index (Phi) is 3.58. The van der Waals surface area contributed by atoms with Crippen LogP contribution in [0, 0.1) is 0 Å². The van der Waals surface area contributed by atoms with E-state index in [-0.39, 0.29) is 0 Å². The van der Waals surface area contributed by atoms with Crippen molar-refractivity contribution in [2.45, 2.75) is 6.54 Å². The molecule has 100 valence electrons. The lowest BCUT2D eigenvalue weighted by atomic mass is 10.2. The van der Waals surface area contributed by atoms with E-state index in [0.717, 1.165) is 16.3 Å². The third kappa shape index (κ3) is 2.61. The van der Waals surface area contributed by atoms with Crippen molar-refractivity contribution in [3.05, 3.63) is 59.5 Å². The van der Waals surface area contributed by atoms with Crippen molar-refractivity contribution < 1.29 is 0 Å². The van der Waals surface area contributed by atoms with E-state index in [0.29, 0.717) is 17.2 Å². The second-order valence-corrected chi connectivity index (χ2v) is 5.66. The average molecular weight is 300 g/mol. The average Bonchev–Trinajstić information content (AvgIpc) is 3.09. The Bertz CT molecular complexity index is 731. The minimum absolute atomic E-state index is 0.316. The molecule has 0 bridgehead atoms. The van der Waals surface area contributed by atoms with Gasteiger partial charge < -0.3 is 10.3 Å². The van der Waals surface area contributed by atoms with Gasteiger partial charge in [-0.1, -0.05) is 18.3 Å². The zero-order chi connectivity index (χ0) is 13.9. The topological polar surface area (TPSA) is 56.7 Å². The summed E-state index contributed by atoms with van der Waals surface area (Å²) in [7, 11) is 0. The monoisotopic (exact) mass is 300 g/mol. The number of rotatable bonds is 4. The van der Waals surface area contributed by atoms with E-state index in [1.54, 1.807) is 17.5 Å². The number of thiophene rings is 1. The van der Waals surface area contributed by atoms with Crippen molar-refractivity contribution in [1.82, 2.24) is 14.5 Å². The summed E-state index contributed by atoms with van der Waals surface area (Å²) in [6.45, 7) is 0.714. The smallest absolute Gasteiger partial charge is 0.150 e. The van der Waals surface area contributed by atoms with Crippen LogP contribution in [0.4, 0.5) is 0 Å². The number of pyridine rings is 1. The SMILES string of the molecule is NC(=S)c1cc(Cn2ccnc2-c2cccs2)ccn1. The molecule has 3 aromatic heterocycles. The summed E-state index contributed by atoms with van der Waals surface area (Å²) in [6.07, 6.45) is 5.51. The first-order chi connectivity index (χ1) is 9.74. The fourth-order valence-electron chi connectivity index (χ4n) is 1.97. The maximum absolute atomic E-state index is 5.61. The largest absolute Gasteiger partial charge is 0.388 e. The van der Waals surface area contributed by atoms with Crippen LogP contribution in [-0.2, 0) is 6.54 Å². The van der Waals surface area contributed by atoms with Crippen molar-refractivity contribution >= 4 is 28.5 Å². The maximum atomic E-state index is 5.61. The molecule has 0 spiro atoms. The van der Waals surface area contributed by atoms with Gasteiger partial charge in [0.15, 0.2) is 0 Å². The van der Waals surface area contributed by atoms with E-state index < -0.39 is 0 Å². The molecule has 0 aliphatic heterocycles. The quantitative estimate of drug-likeness (QED) is 0.753. The lowest BCUT2D eigenvalue weighted by Gasteiger charge is -2.07. The van der Waals surface area contributed by atoms with Crippen LogP contribution in [0.1, 0.15) is 11.3 Å². The van der Waals surface area contributed by atoms with Crippen LogP contribution in [0.2, 0.25) is 0 Å². The van der Waals surface area contributed by atoms with Crippen LogP contribution in [0.3, 0.4) is 0 Å². The fourth-order valence-corrected chi connectivity index (χ4v) is 2.82. The van der Waals surface area contributed by atoms with Gasteiger partial charge >= 0.3 is 0 Å². The summed E-state index contributed by atoms with van der Waals surface area (Å²) in [5.74, 6) is 0.966. The number of nitrogens with zero attached hydrogens (tertiary/aromatic N) is 3. The summed E-state index contributed by atoms with van der Waals surface area (Å²) in [5.41, 5.74) is 7.36. The van der Waals surface area contributed by atoms with E-state index in [9.17, 15) is 0 Å². The van der Waals surface area contributed by atoms with Crippen LogP contribution in [0.25, 0.3) is 10.7 Å². The highest BCUT2D eigenvalue weighted by Gasteiger charge is 2.08. The number of hydrogen-bond donors (Lipinski definition) is 1. The van der Waals surface area contributed by atoms with Gasteiger partial charge in [-0.05, 0) is 29.1 Å². The van der Waals surface area contributed by atoms with Crippen LogP contribution in [0.5, 0.6) is 0 Å². The Labute approximate surface area is 125 Å². The summed E-state index contributed by atoms with van der Waals surface area (Å²) >= 11 is 6.64. The molecule has 0 unspecified atom stereocenters. The van der Waals surface area contributed by atoms with E-state index in [1.165, 1.54) is 0 Å². The normalized spacial score (nSPS) is 10.6. The molecular weight excluding hydrogens is 288 g/mol.